The topological polar surface area (TPSA) is 33.1 Å². The first-order valence-electron chi connectivity index (χ1n) is 4.77. The van der Waals surface area contributed by atoms with Gasteiger partial charge in [0.15, 0.2) is 0 Å². The zero-order valence-electron chi connectivity index (χ0n) is 8.23. The van der Waals surface area contributed by atoms with Crippen molar-refractivity contribution in [3.8, 4) is 0 Å². The first-order chi connectivity index (χ1) is 6.22. The second kappa shape index (κ2) is 5.35. The van der Waals surface area contributed by atoms with Crippen molar-refractivity contribution in [3.05, 3.63) is 16.6 Å². The van der Waals surface area contributed by atoms with Gasteiger partial charge in [0.1, 0.15) is 0 Å². The zero-order valence-corrected chi connectivity index (χ0v) is 9.05. The van der Waals surface area contributed by atoms with Crippen molar-refractivity contribution in [2.45, 2.75) is 39.2 Å². The predicted octanol–water partition coefficient (Wildman–Crippen LogP) is 2.48. The van der Waals surface area contributed by atoms with E-state index >= 15 is 0 Å². The van der Waals surface area contributed by atoms with Gasteiger partial charge in [-0.25, -0.2) is 0 Å². The quantitative estimate of drug-likeness (QED) is 0.790. The van der Waals surface area contributed by atoms with Gasteiger partial charge in [0, 0.05) is 17.5 Å². The van der Waals surface area contributed by atoms with E-state index in [4.69, 9.17) is 0 Å². The third-order valence-corrected chi connectivity index (χ3v) is 3.09. The van der Waals surface area contributed by atoms with Gasteiger partial charge in [-0.1, -0.05) is 20.3 Å². The third kappa shape index (κ3) is 3.87. The summed E-state index contributed by atoms with van der Waals surface area (Å²) in [6.07, 6.45) is 4.43. The second-order valence-electron chi connectivity index (χ2n) is 3.57. The predicted molar refractivity (Wildman–Crippen MR) is 55.9 cm³/mol. The first kappa shape index (κ1) is 10.7. The lowest BCUT2D eigenvalue weighted by atomic mass is 9.99. The highest BCUT2D eigenvalue weighted by Crippen LogP contribution is 2.15. The molecule has 13 heavy (non-hydrogen) atoms. The third-order valence-electron chi connectivity index (χ3n) is 2.29. The van der Waals surface area contributed by atoms with Crippen LogP contribution in [0, 0.1) is 5.92 Å². The maximum Gasteiger partial charge on any atom is 0.0794 e. The molecule has 0 saturated carbocycles. The van der Waals surface area contributed by atoms with Crippen LogP contribution in [0.15, 0.2) is 11.7 Å². The van der Waals surface area contributed by atoms with E-state index in [0.29, 0.717) is 5.92 Å². The molecular weight excluding hydrogens is 182 g/mol. The Bertz CT molecular complexity index is 223. The zero-order chi connectivity index (χ0) is 9.68. The highest BCUT2D eigenvalue weighted by Gasteiger charge is 2.10. The Kier molecular flexibility index (Phi) is 4.39. The molecule has 0 aliphatic heterocycles. The first-order valence-corrected chi connectivity index (χ1v) is 5.65. The van der Waals surface area contributed by atoms with Crippen LogP contribution >= 0.6 is 11.3 Å². The van der Waals surface area contributed by atoms with Gasteiger partial charge in [-0.15, -0.1) is 11.3 Å². The summed E-state index contributed by atoms with van der Waals surface area (Å²) in [5.41, 5.74) is 1.81. The summed E-state index contributed by atoms with van der Waals surface area (Å²) < 4.78 is 0. The van der Waals surface area contributed by atoms with Gasteiger partial charge < -0.3 is 5.11 Å². The monoisotopic (exact) mass is 199 g/mol. The lowest BCUT2D eigenvalue weighted by molar-refractivity contribution is 0.145. The number of aliphatic hydroxyl groups is 1. The van der Waals surface area contributed by atoms with E-state index in [2.05, 4.69) is 18.8 Å². The standard InChI is InChI=1S/C10H17NOS/c1-3-8(2)4-9(12)5-10-6-11-7-13-10/h6-9,12H,3-5H2,1-2H3. The van der Waals surface area contributed by atoms with Crippen LogP contribution in [0.2, 0.25) is 0 Å². The lowest BCUT2D eigenvalue weighted by Gasteiger charge is -2.13. The maximum absolute atomic E-state index is 9.70. The molecule has 1 rings (SSSR count). The van der Waals surface area contributed by atoms with Crippen LogP contribution in [0.4, 0.5) is 0 Å². The highest BCUT2D eigenvalue weighted by atomic mass is 32.1. The number of rotatable bonds is 5. The average molecular weight is 199 g/mol. The summed E-state index contributed by atoms with van der Waals surface area (Å²) in [5, 5.41) is 9.70. The molecule has 1 aromatic rings. The second-order valence-corrected chi connectivity index (χ2v) is 4.55. The molecule has 1 N–H and O–H groups in total. The van der Waals surface area contributed by atoms with Gasteiger partial charge in [0.05, 0.1) is 11.6 Å². The van der Waals surface area contributed by atoms with Crippen molar-refractivity contribution < 1.29 is 5.11 Å². The molecule has 0 spiro atoms. The highest BCUT2D eigenvalue weighted by molar-refractivity contribution is 7.09. The summed E-state index contributed by atoms with van der Waals surface area (Å²) in [4.78, 5) is 5.16. The van der Waals surface area contributed by atoms with E-state index in [1.807, 2.05) is 11.7 Å². The van der Waals surface area contributed by atoms with Crippen LogP contribution in [0.1, 0.15) is 31.6 Å². The van der Waals surface area contributed by atoms with Crippen molar-refractivity contribution >= 4 is 11.3 Å². The lowest BCUT2D eigenvalue weighted by Crippen LogP contribution is -2.13. The number of hydrogen-bond acceptors (Lipinski definition) is 3. The molecule has 0 aliphatic carbocycles. The molecule has 2 atom stereocenters. The molecule has 3 heteroatoms. The molecule has 1 heterocycles. The van der Waals surface area contributed by atoms with Crippen molar-refractivity contribution in [2.24, 2.45) is 5.92 Å². The molecule has 0 radical (unpaired) electrons. The van der Waals surface area contributed by atoms with Crippen molar-refractivity contribution in [1.82, 2.24) is 4.98 Å². The molecular formula is C10H17NOS. The van der Waals surface area contributed by atoms with E-state index in [9.17, 15) is 5.11 Å². The molecule has 0 bridgehead atoms. The molecule has 0 aliphatic rings. The van der Waals surface area contributed by atoms with E-state index in [0.717, 1.165) is 19.3 Å². The Labute approximate surface area is 83.6 Å². The smallest absolute Gasteiger partial charge is 0.0794 e. The van der Waals surface area contributed by atoms with Gasteiger partial charge in [-0.3, -0.25) is 4.98 Å². The summed E-state index contributed by atoms with van der Waals surface area (Å²) >= 11 is 1.61. The fourth-order valence-corrected chi connectivity index (χ4v) is 1.96. The number of hydrogen-bond donors (Lipinski definition) is 1. The molecule has 2 nitrogen and oxygen atoms in total. The van der Waals surface area contributed by atoms with Gasteiger partial charge >= 0.3 is 0 Å². The summed E-state index contributed by atoms with van der Waals surface area (Å²) in [7, 11) is 0. The summed E-state index contributed by atoms with van der Waals surface area (Å²) in [6.45, 7) is 4.33. The van der Waals surface area contributed by atoms with Crippen LogP contribution in [-0.4, -0.2) is 16.2 Å². The largest absolute Gasteiger partial charge is 0.393 e. The molecule has 0 fully saturated rings. The molecule has 74 valence electrons. The minimum Gasteiger partial charge on any atom is -0.393 e. The van der Waals surface area contributed by atoms with Crippen LogP contribution in [0.5, 0.6) is 0 Å². The fraction of sp³-hybridized carbons (Fsp3) is 0.700. The van der Waals surface area contributed by atoms with E-state index < -0.39 is 0 Å². The van der Waals surface area contributed by atoms with Gasteiger partial charge in [0.2, 0.25) is 0 Å². The van der Waals surface area contributed by atoms with E-state index in [1.54, 1.807) is 11.3 Å². The van der Waals surface area contributed by atoms with Gasteiger partial charge in [-0.05, 0) is 12.3 Å². The molecule has 1 aromatic heterocycles. The summed E-state index contributed by atoms with van der Waals surface area (Å²) in [6, 6.07) is 0. The molecule has 0 aromatic carbocycles. The fourth-order valence-electron chi connectivity index (χ4n) is 1.29. The molecule has 0 saturated heterocycles. The SMILES string of the molecule is CCC(C)CC(O)Cc1cncs1. The Morgan fingerprint density at radius 3 is 2.92 bits per heavy atom. The van der Waals surface area contributed by atoms with Crippen LogP contribution in [-0.2, 0) is 6.42 Å². The Hall–Kier alpha value is -0.410. The van der Waals surface area contributed by atoms with Crippen molar-refractivity contribution in [2.75, 3.05) is 0 Å². The minimum atomic E-state index is -0.199. The molecule has 0 amide bonds. The van der Waals surface area contributed by atoms with Gasteiger partial charge in [-0.2, -0.15) is 0 Å². The molecule has 2 unspecified atom stereocenters. The van der Waals surface area contributed by atoms with Crippen LogP contribution < -0.4 is 0 Å². The number of aromatic nitrogens is 1. The van der Waals surface area contributed by atoms with E-state index in [1.165, 1.54) is 4.88 Å². The Balaban J connectivity index is 2.29. The Morgan fingerprint density at radius 2 is 2.38 bits per heavy atom. The normalized spacial score (nSPS) is 15.6. The Morgan fingerprint density at radius 1 is 1.62 bits per heavy atom. The van der Waals surface area contributed by atoms with Crippen LogP contribution in [0.25, 0.3) is 0 Å². The van der Waals surface area contributed by atoms with E-state index in [-0.39, 0.29) is 6.10 Å². The van der Waals surface area contributed by atoms with Gasteiger partial charge in [0.25, 0.3) is 0 Å². The number of aliphatic hydroxyl groups excluding tert-OH is 1. The van der Waals surface area contributed by atoms with Crippen LogP contribution in [0.3, 0.4) is 0 Å². The maximum atomic E-state index is 9.70. The average Bonchev–Trinajstić information content (AvgIpc) is 2.56. The summed E-state index contributed by atoms with van der Waals surface area (Å²) in [5.74, 6) is 0.614. The number of thiazole rings is 1. The minimum absolute atomic E-state index is 0.199. The van der Waals surface area contributed by atoms with Crippen molar-refractivity contribution in [1.29, 1.82) is 0 Å². The number of nitrogens with zero attached hydrogens (tertiary/aromatic N) is 1. The van der Waals surface area contributed by atoms with Crippen molar-refractivity contribution in [3.63, 3.8) is 0 Å².